The zero-order valence-corrected chi connectivity index (χ0v) is 18.5. The number of fused-ring (bicyclic) bond motifs is 1. The fourth-order valence-electron chi connectivity index (χ4n) is 3.88. The van der Waals surface area contributed by atoms with Gasteiger partial charge in [0.2, 0.25) is 0 Å². The van der Waals surface area contributed by atoms with E-state index in [0.717, 1.165) is 46.3 Å². The van der Waals surface area contributed by atoms with Crippen molar-refractivity contribution in [3.8, 4) is 16.9 Å². The second-order valence-electron chi connectivity index (χ2n) is 8.04. The number of carboxylic acids is 1. The molecule has 5 nitrogen and oxygen atoms in total. The highest BCUT2D eigenvalue weighted by Crippen LogP contribution is 2.33. The van der Waals surface area contributed by atoms with Gasteiger partial charge in [-0.05, 0) is 61.2 Å². The van der Waals surface area contributed by atoms with E-state index in [1.807, 2.05) is 23.0 Å². The zero-order valence-electron chi connectivity index (χ0n) is 18.5. The summed E-state index contributed by atoms with van der Waals surface area (Å²) in [5.74, 6) is 0.0109. The maximum absolute atomic E-state index is 11.0. The fraction of sp³-hybridized carbons (Fsp3) is 0.259. The third-order valence-electron chi connectivity index (χ3n) is 5.69. The first-order valence-electron chi connectivity index (χ1n) is 11.0. The maximum Gasteiger partial charge on any atom is 0.303 e. The Morgan fingerprint density at radius 2 is 1.78 bits per heavy atom. The number of aromatic nitrogens is 2. The molecular weight excluding hydrogens is 400 g/mol. The molecule has 0 unspecified atom stereocenters. The molecule has 0 aliphatic rings. The largest absolute Gasteiger partial charge is 0.493 e. The summed E-state index contributed by atoms with van der Waals surface area (Å²) in [6.45, 7) is 5.55. The fourth-order valence-corrected chi connectivity index (χ4v) is 3.88. The van der Waals surface area contributed by atoms with Gasteiger partial charge < -0.3 is 9.84 Å². The molecule has 0 spiro atoms. The molecule has 4 rings (SSSR count). The Kier molecular flexibility index (Phi) is 6.55. The van der Waals surface area contributed by atoms with Crippen molar-refractivity contribution in [2.45, 2.75) is 39.7 Å². The second kappa shape index (κ2) is 9.69. The molecule has 164 valence electrons. The number of benzene rings is 3. The molecule has 3 aromatic carbocycles. The number of ether oxygens (including phenoxy) is 1. The number of aliphatic carboxylic acids is 1. The van der Waals surface area contributed by atoms with Crippen molar-refractivity contribution in [3.05, 3.63) is 83.6 Å². The summed E-state index contributed by atoms with van der Waals surface area (Å²) in [6, 6.07) is 20.8. The average Bonchev–Trinajstić information content (AvgIpc) is 3.22. The lowest BCUT2D eigenvalue weighted by molar-refractivity contribution is -0.136. The Morgan fingerprint density at radius 1 is 1.00 bits per heavy atom. The van der Waals surface area contributed by atoms with Crippen molar-refractivity contribution in [2.24, 2.45) is 0 Å². The highest BCUT2D eigenvalue weighted by molar-refractivity contribution is 5.86. The average molecular weight is 429 g/mol. The lowest BCUT2D eigenvalue weighted by Crippen LogP contribution is -2.03. The lowest BCUT2D eigenvalue weighted by Gasteiger charge is -2.14. The monoisotopic (exact) mass is 428 g/mol. The molecule has 1 aromatic heterocycles. The molecule has 0 aliphatic carbocycles. The molecule has 1 N–H and O–H groups in total. The van der Waals surface area contributed by atoms with Crippen molar-refractivity contribution in [1.29, 1.82) is 0 Å². The summed E-state index contributed by atoms with van der Waals surface area (Å²) < 4.78 is 8.18. The van der Waals surface area contributed by atoms with E-state index in [4.69, 9.17) is 9.84 Å². The molecule has 1 heterocycles. The minimum absolute atomic E-state index is 0.107. The van der Waals surface area contributed by atoms with Crippen LogP contribution in [0.15, 0.2) is 66.9 Å². The van der Waals surface area contributed by atoms with Gasteiger partial charge in [-0.2, -0.15) is 5.10 Å². The first-order chi connectivity index (χ1) is 15.5. The number of carbonyl (C=O) groups is 1. The molecule has 0 fully saturated rings. The standard InChI is InChI=1S/C27H28N2O3/c1-3-29-25-11-10-22(17-23(25)18-28-29)24-16-21(9-13-27(30)31)8-12-26(24)32-15-14-20-6-4-19(2)5-7-20/h4-8,10-12,16-18H,3,9,13-15H2,1-2H3,(H,30,31). The molecule has 0 atom stereocenters. The van der Waals surface area contributed by atoms with Gasteiger partial charge in [-0.25, -0.2) is 0 Å². The van der Waals surface area contributed by atoms with E-state index in [2.05, 4.69) is 67.5 Å². The molecule has 0 radical (unpaired) electrons. The Balaban J connectivity index is 1.61. The van der Waals surface area contributed by atoms with E-state index in [9.17, 15) is 4.79 Å². The van der Waals surface area contributed by atoms with Crippen molar-refractivity contribution >= 4 is 16.9 Å². The van der Waals surface area contributed by atoms with Gasteiger partial charge in [0.1, 0.15) is 5.75 Å². The van der Waals surface area contributed by atoms with E-state index < -0.39 is 5.97 Å². The Morgan fingerprint density at radius 3 is 2.53 bits per heavy atom. The van der Waals surface area contributed by atoms with Gasteiger partial charge in [0.15, 0.2) is 0 Å². The summed E-state index contributed by atoms with van der Waals surface area (Å²) in [5, 5.41) is 14.6. The molecule has 0 saturated carbocycles. The van der Waals surface area contributed by atoms with Crippen LogP contribution in [-0.4, -0.2) is 27.5 Å². The van der Waals surface area contributed by atoms with Gasteiger partial charge in [0, 0.05) is 30.3 Å². The minimum atomic E-state index is -0.793. The zero-order chi connectivity index (χ0) is 22.5. The molecule has 0 saturated heterocycles. The minimum Gasteiger partial charge on any atom is -0.493 e. The SMILES string of the molecule is CCn1ncc2cc(-c3cc(CCC(=O)O)ccc3OCCc3ccc(C)cc3)ccc21. The van der Waals surface area contributed by atoms with Crippen molar-refractivity contribution in [1.82, 2.24) is 9.78 Å². The van der Waals surface area contributed by atoms with Crippen LogP contribution in [0.1, 0.15) is 30.0 Å². The van der Waals surface area contributed by atoms with E-state index in [1.54, 1.807) is 0 Å². The predicted octanol–water partition coefficient (Wildman–Crippen LogP) is 5.67. The number of nitrogens with zero attached hydrogens (tertiary/aromatic N) is 2. The summed E-state index contributed by atoms with van der Waals surface area (Å²) in [5.41, 5.74) is 6.58. The van der Waals surface area contributed by atoms with Crippen LogP contribution in [0.2, 0.25) is 0 Å². The Hall–Kier alpha value is -3.60. The lowest BCUT2D eigenvalue weighted by atomic mass is 9.98. The third kappa shape index (κ3) is 4.99. The van der Waals surface area contributed by atoms with E-state index >= 15 is 0 Å². The normalized spacial score (nSPS) is 11.1. The quantitative estimate of drug-likeness (QED) is 0.373. The number of carboxylic acid groups (broad SMARTS) is 1. The summed E-state index contributed by atoms with van der Waals surface area (Å²) >= 11 is 0. The summed E-state index contributed by atoms with van der Waals surface area (Å²) in [7, 11) is 0. The van der Waals surface area contributed by atoms with Crippen LogP contribution in [-0.2, 0) is 24.2 Å². The summed E-state index contributed by atoms with van der Waals surface area (Å²) in [4.78, 5) is 11.0. The number of hydrogen-bond donors (Lipinski definition) is 1. The second-order valence-corrected chi connectivity index (χ2v) is 8.04. The molecule has 0 aliphatic heterocycles. The van der Waals surface area contributed by atoms with Gasteiger partial charge in [0.25, 0.3) is 0 Å². The Bertz CT molecular complexity index is 1230. The van der Waals surface area contributed by atoms with Crippen LogP contribution in [0.3, 0.4) is 0 Å². The van der Waals surface area contributed by atoms with Gasteiger partial charge in [-0.3, -0.25) is 9.48 Å². The first-order valence-corrected chi connectivity index (χ1v) is 11.0. The van der Waals surface area contributed by atoms with Crippen molar-refractivity contribution < 1.29 is 14.6 Å². The van der Waals surface area contributed by atoms with Gasteiger partial charge in [0.05, 0.1) is 18.3 Å². The van der Waals surface area contributed by atoms with Crippen LogP contribution in [0, 0.1) is 6.92 Å². The van der Waals surface area contributed by atoms with Crippen molar-refractivity contribution in [3.63, 3.8) is 0 Å². The maximum atomic E-state index is 11.0. The van der Waals surface area contributed by atoms with Gasteiger partial charge >= 0.3 is 5.97 Å². The number of hydrogen-bond acceptors (Lipinski definition) is 3. The number of aryl methyl sites for hydroxylation is 3. The van der Waals surface area contributed by atoms with Crippen molar-refractivity contribution in [2.75, 3.05) is 6.61 Å². The van der Waals surface area contributed by atoms with Crippen LogP contribution in [0.25, 0.3) is 22.0 Å². The molecule has 0 amide bonds. The smallest absolute Gasteiger partial charge is 0.303 e. The molecule has 5 heteroatoms. The predicted molar refractivity (Wildman–Crippen MR) is 127 cm³/mol. The van der Waals surface area contributed by atoms with E-state index in [1.165, 1.54) is 11.1 Å². The van der Waals surface area contributed by atoms with E-state index in [0.29, 0.717) is 13.0 Å². The van der Waals surface area contributed by atoms with Crippen LogP contribution < -0.4 is 4.74 Å². The molecule has 4 aromatic rings. The third-order valence-corrected chi connectivity index (χ3v) is 5.69. The van der Waals surface area contributed by atoms with Crippen LogP contribution >= 0.6 is 0 Å². The van der Waals surface area contributed by atoms with Crippen LogP contribution in [0.4, 0.5) is 0 Å². The van der Waals surface area contributed by atoms with Crippen LogP contribution in [0.5, 0.6) is 5.75 Å². The highest BCUT2D eigenvalue weighted by atomic mass is 16.5. The first kappa shape index (κ1) is 21.6. The van der Waals surface area contributed by atoms with E-state index in [-0.39, 0.29) is 6.42 Å². The summed E-state index contributed by atoms with van der Waals surface area (Å²) in [6.07, 6.45) is 3.30. The van der Waals surface area contributed by atoms with Gasteiger partial charge in [-0.1, -0.05) is 42.0 Å². The Labute approximate surface area is 188 Å². The highest BCUT2D eigenvalue weighted by Gasteiger charge is 2.12. The van der Waals surface area contributed by atoms with Gasteiger partial charge in [-0.15, -0.1) is 0 Å². The topological polar surface area (TPSA) is 64.4 Å². The molecular formula is C27H28N2O3. The molecule has 32 heavy (non-hydrogen) atoms. The number of rotatable bonds is 9. The molecule has 0 bridgehead atoms.